The Balaban J connectivity index is 2.00. The second-order valence-electron chi connectivity index (χ2n) is 4.24. The molecule has 0 amide bonds. The van der Waals surface area contributed by atoms with Gasteiger partial charge in [-0.05, 0) is 38.1 Å². The maximum Gasteiger partial charge on any atom is 0.0651 e. The van der Waals surface area contributed by atoms with Crippen molar-refractivity contribution in [2.75, 3.05) is 26.4 Å². The van der Waals surface area contributed by atoms with E-state index in [1.807, 2.05) is 0 Å². The van der Waals surface area contributed by atoms with Gasteiger partial charge >= 0.3 is 0 Å². The van der Waals surface area contributed by atoms with Gasteiger partial charge < -0.3 is 15.2 Å². The molecule has 76 valence electrons. The Morgan fingerprint density at radius 3 is 3.15 bits per heavy atom. The highest BCUT2D eigenvalue weighted by atomic mass is 16.5. The van der Waals surface area contributed by atoms with Crippen LogP contribution in [0.1, 0.15) is 25.7 Å². The van der Waals surface area contributed by atoms with Crippen molar-refractivity contribution < 1.29 is 9.84 Å². The minimum atomic E-state index is 0.209. The first-order valence-corrected chi connectivity index (χ1v) is 5.31. The van der Waals surface area contributed by atoms with Gasteiger partial charge in [0.15, 0.2) is 0 Å². The summed E-state index contributed by atoms with van der Waals surface area (Å²) in [6.07, 6.45) is 4.51. The number of ether oxygens (including phenoxy) is 1. The van der Waals surface area contributed by atoms with Crippen molar-refractivity contribution in [3.8, 4) is 0 Å². The summed E-state index contributed by atoms with van der Waals surface area (Å²) in [6.45, 7) is 3.16. The molecule has 2 aliphatic heterocycles. The number of rotatable bonds is 2. The van der Waals surface area contributed by atoms with Gasteiger partial charge in [0, 0.05) is 18.8 Å². The Kier molecular flexibility index (Phi) is 2.86. The molecule has 0 aromatic carbocycles. The molecule has 0 saturated carbocycles. The van der Waals surface area contributed by atoms with Gasteiger partial charge in [-0.1, -0.05) is 0 Å². The zero-order valence-corrected chi connectivity index (χ0v) is 8.09. The van der Waals surface area contributed by atoms with Crippen LogP contribution in [-0.4, -0.2) is 37.0 Å². The monoisotopic (exact) mass is 185 g/mol. The van der Waals surface area contributed by atoms with E-state index in [1.165, 1.54) is 12.8 Å². The lowest BCUT2D eigenvalue weighted by atomic mass is 9.79. The highest BCUT2D eigenvalue weighted by Crippen LogP contribution is 2.35. The fourth-order valence-corrected chi connectivity index (χ4v) is 2.77. The average molecular weight is 185 g/mol. The molecule has 2 saturated heterocycles. The minimum Gasteiger partial charge on any atom is -0.396 e. The van der Waals surface area contributed by atoms with E-state index in [2.05, 4.69) is 5.32 Å². The van der Waals surface area contributed by atoms with Crippen LogP contribution in [-0.2, 0) is 4.74 Å². The van der Waals surface area contributed by atoms with Crippen LogP contribution in [0.2, 0.25) is 0 Å². The van der Waals surface area contributed by atoms with Crippen LogP contribution in [0.4, 0.5) is 0 Å². The second kappa shape index (κ2) is 3.95. The molecule has 2 heterocycles. The summed E-state index contributed by atoms with van der Waals surface area (Å²) in [7, 11) is 0. The molecule has 0 radical (unpaired) electrons. The number of aliphatic hydroxyl groups is 1. The number of aliphatic hydroxyl groups excluding tert-OH is 1. The summed E-state index contributed by atoms with van der Waals surface area (Å²) < 4.78 is 5.54. The van der Waals surface area contributed by atoms with Crippen molar-refractivity contribution in [2.45, 2.75) is 31.2 Å². The van der Waals surface area contributed by atoms with E-state index in [4.69, 9.17) is 9.84 Å². The topological polar surface area (TPSA) is 41.5 Å². The van der Waals surface area contributed by atoms with Gasteiger partial charge in [-0.25, -0.2) is 0 Å². The molecule has 2 fully saturated rings. The fraction of sp³-hybridized carbons (Fsp3) is 1.00. The Morgan fingerprint density at radius 2 is 2.46 bits per heavy atom. The maximum absolute atomic E-state index is 8.97. The minimum absolute atomic E-state index is 0.209. The summed E-state index contributed by atoms with van der Waals surface area (Å²) in [5.74, 6) is 0.623. The molecule has 2 atom stereocenters. The Bertz CT molecular complexity index is 166. The molecule has 0 aromatic rings. The zero-order chi connectivity index (χ0) is 9.15. The van der Waals surface area contributed by atoms with E-state index in [-0.39, 0.29) is 5.54 Å². The SMILES string of the molecule is OCCC1CCNC12CCCOC2. The smallest absolute Gasteiger partial charge is 0.0651 e. The molecule has 3 heteroatoms. The zero-order valence-electron chi connectivity index (χ0n) is 8.09. The van der Waals surface area contributed by atoms with Gasteiger partial charge in [0.1, 0.15) is 0 Å². The van der Waals surface area contributed by atoms with E-state index in [0.29, 0.717) is 12.5 Å². The van der Waals surface area contributed by atoms with Crippen molar-refractivity contribution in [3.05, 3.63) is 0 Å². The quantitative estimate of drug-likeness (QED) is 0.659. The molecular weight excluding hydrogens is 166 g/mol. The van der Waals surface area contributed by atoms with Crippen LogP contribution in [0.15, 0.2) is 0 Å². The molecule has 13 heavy (non-hydrogen) atoms. The molecule has 3 nitrogen and oxygen atoms in total. The standard InChI is InChI=1S/C10H19NO2/c12-6-3-9-2-5-11-10(9)4-1-7-13-8-10/h9,11-12H,1-8H2. The second-order valence-corrected chi connectivity index (χ2v) is 4.24. The third-order valence-electron chi connectivity index (χ3n) is 3.50. The van der Waals surface area contributed by atoms with Gasteiger partial charge in [0.2, 0.25) is 0 Å². The average Bonchev–Trinajstić information content (AvgIpc) is 2.52. The van der Waals surface area contributed by atoms with Crippen LogP contribution in [0.3, 0.4) is 0 Å². The van der Waals surface area contributed by atoms with E-state index >= 15 is 0 Å². The fourth-order valence-electron chi connectivity index (χ4n) is 2.77. The largest absolute Gasteiger partial charge is 0.396 e. The van der Waals surface area contributed by atoms with Crippen LogP contribution < -0.4 is 5.32 Å². The predicted molar refractivity (Wildman–Crippen MR) is 50.6 cm³/mol. The summed E-state index contributed by atoms with van der Waals surface area (Å²) in [5.41, 5.74) is 0.209. The van der Waals surface area contributed by atoms with Gasteiger partial charge in [-0.3, -0.25) is 0 Å². The third-order valence-corrected chi connectivity index (χ3v) is 3.50. The van der Waals surface area contributed by atoms with Gasteiger partial charge in [0.25, 0.3) is 0 Å². The summed E-state index contributed by atoms with van der Waals surface area (Å²) in [6, 6.07) is 0. The van der Waals surface area contributed by atoms with Crippen LogP contribution in [0, 0.1) is 5.92 Å². The van der Waals surface area contributed by atoms with Gasteiger partial charge in [-0.2, -0.15) is 0 Å². The van der Waals surface area contributed by atoms with Crippen LogP contribution >= 0.6 is 0 Å². The maximum atomic E-state index is 8.97. The van der Waals surface area contributed by atoms with Gasteiger partial charge in [0.05, 0.1) is 6.61 Å². The van der Waals surface area contributed by atoms with E-state index in [9.17, 15) is 0 Å². The summed E-state index contributed by atoms with van der Waals surface area (Å²) in [4.78, 5) is 0. The lowest BCUT2D eigenvalue weighted by Crippen LogP contribution is -2.51. The normalized spacial score (nSPS) is 39.9. The number of hydrogen-bond donors (Lipinski definition) is 2. The molecule has 1 spiro atoms. The molecule has 2 N–H and O–H groups in total. The number of nitrogens with one attached hydrogen (secondary N) is 1. The third kappa shape index (κ3) is 1.73. The molecule has 2 rings (SSSR count). The first-order chi connectivity index (χ1) is 6.37. The lowest BCUT2D eigenvalue weighted by Gasteiger charge is -2.38. The summed E-state index contributed by atoms with van der Waals surface area (Å²) in [5, 5.41) is 12.5. The lowest BCUT2D eigenvalue weighted by molar-refractivity contribution is 0.00409. The first kappa shape index (κ1) is 9.44. The number of hydrogen-bond acceptors (Lipinski definition) is 3. The Morgan fingerprint density at radius 1 is 1.54 bits per heavy atom. The Hall–Kier alpha value is -0.120. The van der Waals surface area contributed by atoms with Crippen LogP contribution in [0.25, 0.3) is 0 Å². The molecule has 0 aliphatic carbocycles. The van der Waals surface area contributed by atoms with E-state index in [1.54, 1.807) is 0 Å². The van der Waals surface area contributed by atoms with Crippen LogP contribution in [0.5, 0.6) is 0 Å². The molecule has 2 unspecified atom stereocenters. The van der Waals surface area contributed by atoms with Crippen molar-refractivity contribution in [2.24, 2.45) is 5.92 Å². The van der Waals surface area contributed by atoms with Crippen molar-refractivity contribution in [1.29, 1.82) is 0 Å². The Labute approximate surface area is 79.5 Å². The molecule has 0 aromatic heterocycles. The van der Waals surface area contributed by atoms with Gasteiger partial charge in [-0.15, -0.1) is 0 Å². The molecule has 2 aliphatic rings. The summed E-state index contributed by atoms with van der Waals surface area (Å²) >= 11 is 0. The van der Waals surface area contributed by atoms with Crippen molar-refractivity contribution in [3.63, 3.8) is 0 Å². The first-order valence-electron chi connectivity index (χ1n) is 5.31. The predicted octanol–water partition coefficient (Wildman–Crippen LogP) is 0.527. The van der Waals surface area contributed by atoms with Crippen molar-refractivity contribution in [1.82, 2.24) is 5.32 Å². The highest BCUT2D eigenvalue weighted by Gasteiger charge is 2.43. The van der Waals surface area contributed by atoms with E-state index in [0.717, 1.165) is 32.6 Å². The molecular formula is C10H19NO2. The molecule has 0 bridgehead atoms. The highest BCUT2D eigenvalue weighted by molar-refractivity contribution is 5.00. The van der Waals surface area contributed by atoms with E-state index < -0.39 is 0 Å². The van der Waals surface area contributed by atoms with Crippen molar-refractivity contribution >= 4 is 0 Å².